The smallest absolute Gasteiger partial charge is 0.338 e. The maximum absolute atomic E-state index is 10.5. The lowest BCUT2D eigenvalue weighted by Gasteiger charge is -1.91. The molecule has 0 saturated carbocycles. The van der Waals surface area contributed by atoms with E-state index in [-0.39, 0.29) is 13.2 Å². The molecule has 3 N–H and O–H groups in total. The van der Waals surface area contributed by atoms with Gasteiger partial charge in [-0.3, -0.25) is 0 Å². The van der Waals surface area contributed by atoms with Gasteiger partial charge < -0.3 is 20.1 Å². The van der Waals surface area contributed by atoms with E-state index in [0.717, 1.165) is 6.08 Å². The predicted molar refractivity (Wildman–Crippen MR) is 52.2 cm³/mol. The summed E-state index contributed by atoms with van der Waals surface area (Å²) in [5.41, 5.74) is 0. The number of carbonyl (C=O) groups excluding carboxylic acids is 2. The average Bonchev–Trinajstić information content (AvgIpc) is 2.26. The zero-order valence-electron chi connectivity index (χ0n) is 8.33. The molecule has 0 amide bonds. The molecule has 0 aliphatic rings. The minimum absolute atomic E-state index is 0.125. The highest BCUT2D eigenvalue weighted by Gasteiger charge is 2.02. The molecular formula is C9H12O7. The van der Waals surface area contributed by atoms with Crippen LogP contribution in [0.2, 0.25) is 0 Å². The van der Waals surface area contributed by atoms with Gasteiger partial charge in [-0.2, -0.15) is 0 Å². The molecule has 0 aliphatic heterocycles. The summed E-state index contributed by atoms with van der Waals surface area (Å²) >= 11 is 0. The van der Waals surface area contributed by atoms with E-state index in [0.29, 0.717) is 12.2 Å². The highest BCUT2D eigenvalue weighted by molar-refractivity contribution is 5.98. The highest BCUT2D eigenvalue weighted by Crippen LogP contribution is 1.84. The zero-order valence-corrected chi connectivity index (χ0v) is 8.33. The van der Waals surface area contributed by atoms with Crippen LogP contribution in [-0.2, 0) is 19.1 Å². The zero-order chi connectivity index (χ0) is 13.0. The molecule has 0 aromatic carbocycles. The van der Waals surface area contributed by atoms with Gasteiger partial charge in [0.15, 0.2) is 0 Å². The van der Waals surface area contributed by atoms with Gasteiger partial charge in [-0.05, 0) is 0 Å². The average molecular weight is 232 g/mol. The Morgan fingerprint density at radius 2 is 1.56 bits per heavy atom. The summed E-state index contributed by atoms with van der Waals surface area (Å²) in [5, 5.41) is 23.3. The summed E-state index contributed by atoms with van der Waals surface area (Å²) in [6.45, 7) is 2.79. The minimum atomic E-state index is -1.29. The van der Waals surface area contributed by atoms with Gasteiger partial charge in [0, 0.05) is 18.2 Å². The molecule has 7 heteroatoms. The normalized spacial score (nSPS) is 8.88. The summed E-state index contributed by atoms with van der Waals surface area (Å²) in [7, 11) is 0. The van der Waals surface area contributed by atoms with Crippen LogP contribution in [-0.4, -0.2) is 46.4 Å². The monoisotopic (exact) mass is 232 g/mol. The Bertz CT molecular complexity index is 278. The number of hydrogen-bond acceptors (Lipinski definition) is 6. The molecule has 0 atom stereocenters. The van der Waals surface area contributed by atoms with Crippen molar-refractivity contribution < 1.29 is 34.4 Å². The molecule has 0 bridgehead atoms. The quantitative estimate of drug-likeness (QED) is 0.318. The Hall–Kier alpha value is -1.99. The Kier molecular flexibility index (Phi) is 11.4. The third kappa shape index (κ3) is 14.5. The van der Waals surface area contributed by atoms with Crippen molar-refractivity contribution in [3.8, 4) is 0 Å². The Labute approximate surface area is 91.3 Å². The Morgan fingerprint density at radius 3 is 1.88 bits per heavy atom. The van der Waals surface area contributed by atoms with Crippen molar-refractivity contribution in [3.63, 3.8) is 0 Å². The molecule has 16 heavy (non-hydrogen) atoms. The first-order chi connectivity index (χ1) is 7.47. The topological polar surface area (TPSA) is 121 Å². The lowest BCUT2D eigenvalue weighted by molar-refractivity contribution is -0.152. The van der Waals surface area contributed by atoms with Crippen LogP contribution in [0.5, 0.6) is 0 Å². The first-order valence-corrected chi connectivity index (χ1v) is 3.98. The summed E-state index contributed by atoms with van der Waals surface area (Å²) in [6.07, 6.45) is 1.99. The van der Waals surface area contributed by atoms with Gasteiger partial charge in [0.05, 0.1) is 13.2 Å². The second-order valence-corrected chi connectivity index (χ2v) is 2.06. The third-order valence-corrected chi connectivity index (χ3v) is 0.830. The molecule has 90 valence electrons. The second-order valence-electron chi connectivity index (χ2n) is 2.06. The molecule has 0 fully saturated rings. The van der Waals surface area contributed by atoms with Gasteiger partial charge in [-0.25, -0.2) is 14.4 Å². The number of aliphatic hydroxyl groups is 2. The van der Waals surface area contributed by atoms with Crippen molar-refractivity contribution in [2.75, 3.05) is 13.2 Å². The number of carbonyl (C=O) groups is 3. The van der Waals surface area contributed by atoms with Gasteiger partial charge in [-0.1, -0.05) is 6.58 Å². The number of rotatable bonds is 4. The van der Waals surface area contributed by atoms with Crippen LogP contribution in [0.1, 0.15) is 0 Å². The van der Waals surface area contributed by atoms with Crippen molar-refractivity contribution in [2.24, 2.45) is 0 Å². The van der Waals surface area contributed by atoms with Gasteiger partial charge in [0.25, 0.3) is 0 Å². The van der Waals surface area contributed by atoms with Gasteiger partial charge in [-0.15, -0.1) is 0 Å². The molecule has 7 nitrogen and oxygen atoms in total. The number of ether oxygens (including phenoxy) is 1. The SMILES string of the molecule is C=CC(=O)OC(=O)/C=C\C(=O)O.OCCO. The van der Waals surface area contributed by atoms with Gasteiger partial charge in [0.1, 0.15) is 0 Å². The summed E-state index contributed by atoms with van der Waals surface area (Å²) in [5.74, 6) is -3.25. The number of carboxylic acid groups (broad SMARTS) is 1. The molecular weight excluding hydrogens is 220 g/mol. The lowest BCUT2D eigenvalue weighted by Crippen LogP contribution is -2.07. The van der Waals surface area contributed by atoms with Crippen molar-refractivity contribution >= 4 is 17.9 Å². The van der Waals surface area contributed by atoms with Crippen LogP contribution < -0.4 is 0 Å². The second kappa shape index (κ2) is 11.1. The van der Waals surface area contributed by atoms with E-state index in [1.807, 2.05) is 0 Å². The van der Waals surface area contributed by atoms with E-state index in [2.05, 4.69) is 11.3 Å². The number of aliphatic hydroxyl groups excluding tert-OH is 2. The minimum Gasteiger partial charge on any atom is -0.478 e. The van der Waals surface area contributed by atoms with Crippen LogP contribution in [0.3, 0.4) is 0 Å². The van der Waals surface area contributed by atoms with E-state index in [9.17, 15) is 14.4 Å². The lowest BCUT2D eigenvalue weighted by atomic mass is 10.5. The van der Waals surface area contributed by atoms with Crippen molar-refractivity contribution in [1.29, 1.82) is 0 Å². The molecule has 0 rings (SSSR count). The number of carboxylic acids is 1. The summed E-state index contributed by atoms with van der Waals surface area (Å²) in [4.78, 5) is 30.7. The number of hydrogen-bond donors (Lipinski definition) is 3. The molecule has 0 saturated heterocycles. The number of aliphatic carboxylic acids is 1. The number of esters is 2. The van der Waals surface area contributed by atoms with Gasteiger partial charge >= 0.3 is 17.9 Å². The standard InChI is InChI=1S/C7H6O5.C2H6O2/c1-2-6(10)12-7(11)4-3-5(8)9;3-1-2-4/h2-4H,1H2,(H,8,9);3-4H,1-2H2/b4-3-;. The Balaban J connectivity index is 0. The van der Waals surface area contributed by atoms with E-state index >= 15 is 0 Å². The molecule has 0 spiro atoms. The highest BCUT2D eigenvalue weighted by atomic mass is 16.6. The molecule has 0 heterocycles. The fourth-order valence-corrected chi connectivity index (χ4v) is 0.314. The maximum Gasteiger partial charge on any atom is 0.338 e. The molecule has 0 unspecified atom stereocenters. The fraction of sp³-hybridized carbons (Fsp3) is 0.222. The van der Waals surface area contributed by atoms with E-state index in [1.54, 1.807) is 0 Å². The third-order valence-electron chi connectivity index (χ3n) is 0.830. The van der Waals surface area contributed by atoms with E-state index in [4.69, 9.17) is 15.3 Å². The van der Waals surface area contributed by atoms with Gasteiger partial charge in [0.2, 0.25) is 0 Å². The largest absolute Gasteiger partial charge is 0.478 e. The van der Waals surface area contributed by atoms with Crippen molar-refractivity contribution in [2.45, 2.75) is 0 Å². The van der Waals surface area contributed by atoms with Crippen molar-refractivity contribution in [3.05, 3.63) is 24.8 Å². The van der Waals surface area contributed by atoms with Crippen LogP contribution in [0.15, 0.2) is 24.8 Å². The molecule has 0 aromatic heterocycles. The van der Waals surface area contributed by atoms with Crippen LogP contribution in [0.4, 0.5) is 0 Å². The summed E-state index contributed by atoms with van der Waals surface area (Å²) < 4.78 is 4.00. The Morgan fingerprint density at radius 1 is 1.06 bits per heavy atom. The predicted octanol–water partition coefficient (Wildman–Crippen LogP) is -1.15. The molecule has 0 aromatic rings. The first-order valence-electron chi connectivity index (χ1n) is 3.98. The van der Waals surface area contributed by atoms with E-state index < -0.39 is 17.9 Å². The van der Waals surface area contributed by atoms with Crippen LogP contribution in [0.25, 0.3) is 0 Å². The first kappa shape index (κ1) is 16.4. The summed E-state index contributed by atoms with van der Waals surface area (Å²) in [6, 6.07) is 0. The van der Waals surface area contributed by atoms with E-state index in [1.165, 1.54) is 0 Å². The molecule has 0 radical (unpaired) electrons. The molecule has 0 aliphatic carbocycles. The maximum atomic E-state index is 10.5. The fourth-order valence-electron chi connectivity index (χ4n) is 0.314. The van der Waals surface area contributed by atoms with Crippen LogP contribution in [0, 0.1) is 0 Å². The van der Waals surface area contributed by atoms with Crippen LogP contribution >= 0.6 is 0 Å². The van der Waals surface area contributed by atoms with Crippen molar-refractivity contribution in [1.82, 2.24) is 0 Å².